The number of nitrogens with zero attached hydrogens (tertiary/aromatic N) is 2. The van der Waals surface area contributed by atoms with Crippen LogP contribution >= 0.6 is 11.3 Å². The molecule has 5 nitrogen and oxygen atoms in total. The molecule has 0 unspecified atom stereocenters. The van der Waals surface area contributed by atoms with Crippen LogP contribution in [-0.4, -0.2) is 39.5 Å². The average molecular weight is 346 g/mol. The molecule has 1 heterocycles. The van der Waals surface area contributed by atoms with Crippen LogP contribution in [0.2, 0.25) is 0 Å². The third kappa shape index (κ3) is 4.64. The first-order valence-corrected chi connectivity index (χ1v) is 8.83. The number of hydrogen-bond donors (Lipinski definition) is 1. The van der Waals surface area contributed by atoms with E-state index in [1.165, 1.54) is 21.8 Å². The van der Waals surface area contributed by atoms with Crippen molar-refractivity contribution in [1.29, 1.82) is 0 Å². The molecule has 0 aliphatic carbocycles. The highest BCUT2D eigenvalue weighted by Crippen LogP contribution is 2.24. The van der Waals surface area contributed by atoms with Crippen LogP contribution in [0, 0.1) is 0 Å². The minimum atomic E-state index is -1.01. The number of aliphatic carboxylic acids is 1. The lowest BCUT2D eigenvalue weighted by atomic mass is 10.1. The number of amides is 1. The maximum atomic E-state index is 12.3. The van der Waals surface area contributed by atoms with Gasteiger partial charge in [-0.1, -0.05) is 31.2 Å². The number of thiazole rings is 1. The lowest BCUT2D eigenvalue weighted by Gasteiger charge is -2.24. The van der Waals surface area contributed by atoms with E-state index in [9.17, 15) is 9.59 Å². The van der Waals surface area contributed by atoms with Crippen molar-refractivity contribution in [2.24, 2.45) is 0 Å². The van der Waals surface area contributed by atoms with Crippen LogP contribution in [-0.2, 0) is 22.4 Å². The smallest absolute Gasteiger partial charge is 0.323 e. The highest BCUT2D eigenvalue weighted by molar-refractivity contribution is 7.13. The van der Waals surface area contributed by atoms with Crippen molar-refractivity contribution < 1.29 is 14.7 Å². The first-order valence-electron chi connectivity index (χ1n) is 7.95. The second-order valence-electron chi connectivity index (χ2n) is 5.88. The second kappa shape index (κ2) is 8.06. The zero-order valence-corrected chi connectivity index (χ0v) is 15.0. The van der Waals surface area contributed by atoms with Crippen molar-refractivity contribution >= 4 is 23.2 Å². The molecule has 0 atom stereocenters. The van der Waals surface area contributed by atoms with Gasteiger partial charge in [-0.15, -0.1) is 11.3 Å². The maximum Gasteiger partial charge on any atom is 0.323 e. The summed E-state index contributed by atoms with van der Waals surface area (Å²) in [4.78, 5) is 29.1. The van der Waals surface area contributed by atoms with Gasteiger partial charge in [-0.25, -0.2) is 4.98 Å². The van der Waals surface area contributed by atoms with E-state index in [-0.39, 0.29) is 24.9 Å². The van der Waals surface area contributed by atoms with Crippen molar-refractivity contribution in [3.8, 4) is 10.6 Å². The van der Waals surface area contributed by atoms with Crippen molar-refractivity contribution in [1.82, 2.24) is 9.88 Å². The average Bonchev–Trinajstić information content (AvgIpc) is 3.00. The third-order valence-electron chi connectivity index (χ3n) is 3.74. The van der Waals surface area contributed by atoms with E-state index in [0.717, 1.165) is 17.0 Å². The fourth-order valence-corrected chi connectivity index (χ4v) is 3.19. The van der Waals surface area contributed by atoms with Crippen molar-refractivity contribution in [3.05, 3.63) is 40.9 Å². The summed E-state index contributed by atoms with van der Waals surface area (Å²) >= 11 is 1.49. The van der Waals surface area contributed by atoms with Crippen molar-refractivity contribution in [2.75, 3.05) is 6.54 Å². The molecule has 0 spiro atoms. The summed E-state index contributed by atoms with van der Waals surface area (Å²) in [6, 6.07) is 8.07. The Morgan fingerprint density at radius 1 is 1.25 bits per heavy atom. The fraction of sp³-hybridized carbons (Fsp3) is 0.389. The molecule has 0 bridgehead atoms. The van der Waals surface area contributed by atoms with Crippen LogP contribution in [0.5, 0.6) is 0 Å². The van der Waals surface area contributed by atoms with Gasteiger partial charge in [0.15, 0.2) is 0 Å². The van der Waals surface area contributed by atoms with Gasteiger partial charge in [0.05, 0.1) is 12.1 Å². The van der Waals surface area contributed by atoms with Crippen molar-refractivity contribution in [3.63, 3.8) is 0 Å². The lowest BCUT2D eigenvalue weighted by Crippen LogP contribution is -2.41. The molecule has 1 amide bonds. The Morgan fingerprint density at radius 2 is 1.92 bits per heavy atom. The minimum Gasteiger partial charge on any atom is -0.480 e. The molecule has 24 heavy (non-hydrogen) atoms. The largest absolute Gasteiger partial charge is 0.480 e. The van der Waals surface area contributed by atoms with Gasteiger partial charge in [0, 0.05) is 17.0 Å². The van der Waals surface area contributed by atoms with Crippen LogP contribution in [0.3, 0.4) is 0 Å². The Balaban J connectivity index is 2.09. The molecule has 0 saturated heterocycles. The third-order valence-corrected chi connectivity index (χ3v) is 4.68. The zero-order valence-electron chi connectivity index (χ0n) is 14.2. The number of aromatic nitrogens is 1. The molecule has 0 radical (unpaired) electrons. The molecule has 6 heteroatoms. The molecule has 2 rings (SSSR count). The molecular weight excluding hydrogens is 324 g/mol. The fourth-order valence-electron chi connectivity index (χ4n) is 2.36. The predicted molar refractivity (Wildman–Crippen MR) is 95.1 cm³/mol. The quantitative estimate of drug-likeness (QED) is 0.835. The standard InChI is InChI=1S/C18H22N2O3S/c1-4-13-5-7-14(8-6-13)18-19-15(11-24-18)9-16(21)20(12(2)3)10-17(22)23/h5-8,11-12H,4,9-10H2,1-3H3,(H,22,23). The second-order valence-corrected chi connectivity index (χ2v) is 6.74. The Morgan fingerprint density at radius 3 is 2.46 bits per heavy atom. The summed E-state index contributed by atoms with van der Waals surface area (Å²) in [5.41, 5.74) is 2.98. The highest BCUT2D eigenvalue weighted by atomic mass is 32.1. The number of carbonyl (C=O) groups excluding carboxylic acids is 1. The number of benzene rings is 1. The Bertz CT molecular complexity index is 707. The number of aryl methyl sites for hydroxylation is 1. The van der Waals surface area contributed by atoms with Crippen LogP contribution in [0.4, 0.5) is 0 Å². The van der Waals surface area contributed by atoms with Gasteiger partial charge < -0.3 is 10.0 Å². The summed E-state index contributed by atoms with van der Waals surface area (Å²) < 4.78 is 0. The molecule has 1 aromatic heterocycles. The van der Waals surface area contributed by atoms with E-state index in [1.54, 1.807) is 0 Å². The number of hydrogen-bond acceptors (Lipinski definition) is 4. The van der Waals surface area contributed by atoms with Gasteiger partial charge in [-0.2, -0.15) is 0 Å². The Kier molecular flexibility index (Phi) is 6.09. The minimum absolute atomic E-state index is 0.120. The van der Waals surface area contributed by atoms with E-state index in [2.05, 4.69) is 24.0 Å². The highest BCUT2D eigenvalue weighted by Gasteiger charge is 2.21. The number of carbonyl (C=O) groups is 2. The van der Waals surface area contributed by atoms with Gasteiger partial charge in [0.2, 0.25) is 5.91 Å². The molecule has 0 saturated carbocycles. The molecular formula is C18H22N2O3S. The van der Waals surface area contributed by atoms with Crippen LogP contribution < -0.4 is 0 Å². The normalized spacial score (nSPS) is 10.8. The van der Waals surface area contributed by atoms with Gasteiger partial charge in [0.25, 0.3) is 0 Å². The van der Waals surface area contributed by atoms with Crippen LogP contribution in [0.25, 0.3) is 10.6 Å². The van der Waals surface area contributed by atoms with E-state index >= 15 is 0 Å². The van der Waals surface area contributed by atoms with Crippen molar-refractivity contribution in [2.45, 2.75) is 39.7 Å². The lowest BCUT2D eigenvalue weighted by molar-refractivity contribution is -0.145. The van der Waals surface area contributed by atoms with E-state index < -0.39 is 5.97 Å². The van der Waals surface area contributed by atoms with Gasteiger partial charge >= 0.3 is 5.97 Å². The topological polar surface area (TPSA) is 70.5 Å². The molecule has 128 valence electrons. The maximum absolute atomic E-state index is 12.3. The van der Waals surface area contributed by atoms with E-state index in [4.69, 9.17) is 5.11 Å². The SMILES string of the molecule is CCc1ccc(-c2nc(CC(=O)N(CC(=O)O)C(C)C)cs2)cc1. The van der Waals surface area contributed by atoms with Gasteiger partial charge in [0.1, 0.15) is 11.6 Å². The molecule has 0 aliphatic rings. The molecule has 0 fully saturated rings. The Labute approximate surface area is 146 Å². The summed E-state index contributed by atoms with van der Waals surface area (Å²) in [7, 11) is 0. The number of carboxylic acid groups (broad SMARTS) is 1. The van der Waals surface area contributed by atoms with Gasteiger partial charge in [-0.3, -0.25) is 9.59 Å². The zero-order chi connectivity index (χ0) is 17.7. The van der Waals surface area contributed by atoms with E-state index in [1.807, 2.05) is 31.4 Å². The molecule has 2 aromatic rings. The summed E-state index contributed by atoms with van der Waals surface area (Å²) in [5.74, 6) is -1.22. The molecule has 1 N–H and O–H groups in total. The first kappa shape index (κ1) is 18.1. The van der Waals surface area contributed by atoms with Gasteiger partial charge in [-0.05, 0) is 25.8 Å². The first-order chi connectivity index (χ1) is 11.4. The Hall–Kier alpha value is -2.21. The monoisotopic (exact) mass is 346 g/mol. The van der Waals surface area contributed by atoms with E-state index in [0.29, 0.717) is 5.69 Å². The molecule has 0 aliphatic heterocycles. The summed E-state index contributed by atoms with van der Waals surface area (Å²) in [6.45, 7) is 5.44. The summed E-state index contributed by atoms with van der Waals surface area (Å²) in [6.07, 6.45) is 1.11. The number of rotatable bonds is 7. The predicted octanol–water partition coefficient (Wildman–Crippen LogP) is 3.24. The molecule has 1 aromatic carbocycles. The van der Waals surface area contributed by atoms with Crippen LogP contribution in [0.1, 0.15) is 32.0 Å². The summed E-state index contributed by atoms with van der Waals surface area (Å²) in [5, 5.41) is 11.7. The number of carboxylic acids is 1. The van der Waals surface area contributed by atoms with Crippen LogP contribution in [0.15, 0.2) is 29.6 Å².